The number of nitrogens with one attached hydrogen (secondary N) is 3. The Bertz CT molecular complexity index is 264. The van der Waals surface area contributed by atoms with E-state index in [1.807, 2.05) is 13.8 Å². The van der Waals surface area contributed by atoms with Crippen molar-refractivity contribution in [2.24, 2.45) is 11.8 Å². The van der Waals surface area contributed by atoms with Crippen molar-refractivity contribution >= 4 is 11.8 Å². The van der Waals surface area contributed by atoms with Gasteiger partial charge in [0, 0.05) is 12.5 Å². The van der Waals surface area contributed by atoms with Crippen LogP contribution < -0.4 is 16.0 Å². The fourth-order valence-corrected chi connectivity index (χ4v) is 1.62. The van der Waals surface area contributed by atoms with E-state index in [0.29, 0.717) is 12.5 Å². The topological polar surface area (TPSA) is 70.2 Å². The Morgan fingerprint density at radius 1 is 1.31 bits per heavy atom. The largest absolute Gasteiger partial charge is 0.355 e. The Morgan fingerprint density at radius 3 is 2.38 bits per heavy atom. The first-order valence-electron chi connectivity index (χ1n) is 5.85. The lowest BCUT2D eigenvalue weighted by atomic mass is 9.88. The number of hydrogen-bond acceptors (Lipinski definition) is 3. The van der Waals surface area contributed by atoms with Crippen molar-refractivity contribution in [3.63, 3.8) is 0 Å². The summed E-state index contributed by atoms with van der Waals surface area (Å²) in [5.74, 6) is 0.208. The summed E-state index contributed by atoms with van der Waals surface area (Å²) in [6.07, 6.45) is 0. The first-order chi connectivity index (χ1) is 7.56. The SMILES string of the molecule is CCNC(=O)C(C)NC(=O)C(C)C1CNC1. The number of rotatable bonds is 5. The summed E-state index contributed by atoms with van der Waals surface area (Å²) in [6.45, 7) is 7.84. The molecule has 2 unspecified atom stereocenters. The summed E-state index contributed by atoms with van der Waals surface area (Å²) in [6, 6.07) is -0.456. The molecule has 3 N–H and O–H groups in total. The number of likely N-dealkylation sites (N-methyl/N-ethyl adjacent to an activating group) is 1. The van der Waals surface area contributed by atoms with E-state index >= 15 is 0 Å². The number of hydrogen-bond donors (Lipinski definition) is 3. The fourth-order valence-electron chi connectivity index (χ4n) is 1.62. The normalized spacial score (nSPS) is 19.4. The van der Waals surface area contributed by atoms with E-state index in [0.717, 1.165) is 13.1 Å². The smallest absolute Gasteiger partial charge is 0.242 e. The fraction of sp³-hybridized carbons (Fsp3) is 0.818. The molecule has 0 aromatic rings. The van der Waals surface area contributed by atoms with Gasteiger partial charge in [-0.05, 0) is 32.9 Å². The molecule has 0 spiro atoms. The number of amides is 2. The zero-order valence-corrected chi connectivity index (χ0v) is 10.2. The zero-order valence-electron chi connectivity index (χ0n) is 10.2. The summed E-state index contributed by atoms with van der Waals surface area (Å²) >= 11 is 0. The molecular weight excluding hydrogens is 206 g/mol. The highest BCUT2D eigenvalue weighted by Gasteiger charge is 2.29. The lowest BCUT2D eigenvalue weighted by molar-refractivity contribution is -0.131. The Labute approximate surface area is 96.4 Å². The predicted molar refractivity (Wildman–Crippen MR) is 61.8 cm³/mol. The maximum Gasteiger partial charge on any atom is 0.242 e. The molecule has 0 bridgehead atoms. The van der Waals surface area contributed by atoms with Gasteiger partial charge in [-0.25, -0.2) is 0 Å². The van der Waals surface area contributed by atoms with Crippen LogP contribution in [0.1, 0.15) is 20.8 Å². The third-order valence-corrected chi connectivity index (χ3v) is 3.04. The standard InChI is InChI=1S/C11H21N3O2/c1-4-13-11(16)8(3)14-10(15)7(2)9-5-12-6-9/h7-9,12H,4-6H2,1-3H3,(H,13,16)(H,14,15). The van der Waals surface area contributed by atoms with Crippen LogP contribution in [0.4, 0.5) is 0 Å². The highest BCUT2D eigenvalue weighted by molar-refractivity contribution is 5.88. The van der Waals surface area contributed by atoms with Crippen LogP contribution in [0.3, 0.4) is 0 Å². The maximum atomic E-state index is 11.8. The van der Waals surface area contributed by atoms with Crippen LogP contribution >= 0.6 is 0 Å². The molecule has 0 aliphatic carbocycles. The summed E-state index contributed by atoms with van der Waals surface area (Å²) in [5.41, 5.74) is 0. The first kappa shape index (κ1) is 13.0. The highest BCUT2D eigenvalue weighted by Crippen LogP contribution is 2.15. The van der Waals surface area contributed by atoms with Gasteiger partial charge in [0.15, 0.2) is 0 Å². The van der Waals surface area contributed by atoms with Gasteiger partial charge in [-0.2, -0.15) is 0 Å². The Kier molecular flexibility index (Phi) is 4.73. The molecule has 92 valence electrons. The van der Waals surface area contributed by atoms with Crippen molar-refractivity contribution in [3.8, 4) is 0 Å². The van der Waals surface area contributed by atoms with Gasteiger partial charge in [0.1, 0.15) is 6.04 Å². The Morgan fingerprint density at radius 2 is 1.94 bits per heavy atom. The molecule has 0 radical (unpaired) electrons. The van der Waals surface area contributed by atoms with Crippen molar-refractivity contribution in [1.82, 2.24) is 16.0 Å². The summed E-state index contributed by atoms with van der Waals surface area (Å²) < 4.78 is 0. The minimum absolute atomic E-state index is 0.0295. The Balaban J connectivity index is 2.34. The summed E-state index contributed by atoms with van der Waals surface area (Å²) in [5, 5.41) is 8.55. The summed E-state index contributed by atoms with van der Waals surface area (Å²) in [4.78, 5) is 23.2. The van der Waals surface area contributed by atoms with Gasteiger partial charge in [0.25, 0.3) is 0 Å². The van der Waals surface area contributed by atoms with Crippen LogP contribution in [0, 0.1) is 11.8 Å². The molecule has 2 atom stereocenters. The van der Waals surface area contributed by atoms with Crippen molar-refractivity contribution in [3.05, 3.63) is 0 Å². The van der Waals surface area contributed by atoms with Crippen LogP contribution in [0.25, 0.3) is 0 Å². The predicted octanol–water partition coefficient (Wildman–Crippen LogP) is -0.517. The molecule has 5 heteroatoms. The van der Waals surface area contributed by atoms with Gasteiger partial charge in [-0.1, -0.05) is 6.92 Å². The van der Waals surface area contributed by atoms with E-state index < -0.39 is 6.04 Å². The minimum atomic E-state index is -0.456. The molecule has 1 rings (SSSR count). The van der Waals surface area contributed by atoms with Crippen LogP contribution in [0.5, 0.6) is 0 Å². The van der Waals surface area contributed by atoms with Crippen LogP contribution in [-0.2, 0) is 9.59 Å². The zero-order chi connectivity index (χ0) is 12.1. The molecule has 1 fully saturated rings. The molecule has 0 aromatic heterocycles. The second kappa shape index (κ2) is 5.84. The third-order valence-electron chi connectivity index (χ3n) is 3.04. The molecule has 1 aliphatic rings. The average molecular weight is 227 g/mol. The summed E-state index contributed by atoms with van der Waals surface area (Å²) in [7, 11) is 0. The monoisotopic (exact) mass is 227 g/mol. The van der Waals surface area contributed by atoms with E-state index in [9.17, 15) is 9.59 Å². The van der Waals surface area contributed by atoms with E-state index in [-0.39, 0.29) is 17.7 Å². The maximum absolute atomic E-state index is 11.8. The van der Waals surface area contributed by atoms with Crippen LogP contribution in [0.15, 0.2) is 0 Å². The molecule has 0 aromatic carbocycles. The first-order valence-corrected chi connectivity index (χ1v) is 5.85. The van der Waals surface area contributed by atoms with Gasteiger partial charge in [0.2, 0.25) is 11.8 Å². The van der Waals surface area contributed by atoms with Crippen molar-refractivity contribution in [2.75, 3.05) is 19.6 Å². The van der Waals surface area contributed by atoms with Crippen LogP contribution in [0.2, 0.25) is 0 Å². The molecular formula is C11H21N3O2. The van der Waals surface area contributed by atoms with Gasteiger partial charge in [-0.3, -0.25) is 9.59 Å². The van der Waals surface area contributed by atoms with Crippen molar-refractivity contribution in [1.29, 1.82) is 0 Å². The molecule has 2 amide bonds. The van der Waals surface area contributed by atoms with Gasteiger partial charge >= 0.3 is 0 Å². The molecule has 0 saturated carbocycles. The van der Waals surface area contributed by atoms with Gasteiger partial charge in [0.05, 0.1) is 0 Å². The Hall–Kier alpha value is -1.10. The molecule has 1 saturated heterocycles. The van der Waals surface area contributed by atoms with E-state index in [1.165, 1.54) is 0 Å². The molecule has 16 heavy (non-hydrogen) atoms. The molecule has 1 heterocycles. The second-order valence-corrected chi connectivity index (χ2v) is 4.33. The van der Waals surface area contributed by atoms with Crippen LogP contribution in [-0.4, -0.2) is 37.5 Å². The number of carbonyl (C=O) groups is 2. The lowest BCUT2D eigenvalue weighted by Gasteiger charge is -2.32. The number of carbonyl (C=O) groups excluding carboxylic acids is 2. The third kappa shape index (κ3) is 3.20. The van der Waals surface area contributed by atoms with E-state index in [1.54, 1.807) is 6.92 Å². The van der Waals surface area contributed by atoms with Crippen molar-refractivity contribution in [2.45, 2.75) is 26.8 Å². The van der Waals surface area contributed by atoms with Crippen molar-refractivity contribution < 1.29 is 9.59 Å². The minimum Gasteiger partial charge on any atom is -0.355 e. The highest BCUT2D eigenvalue weighted by atomic mass is 16.2. The van der Waals surface area contributed by atoms with E-state index in [2.05, 4.69) is 16.0 Å². The van der Waals surface area contributed by atoms with Gasteiger partial charge < -0.3 is 16.0 Å². The van der Waals surface area contributed by atoms with Gasteiger partial charge in [-0.15, -0.1) is 0 Å². The average Bonchev–Trinajstić information content (AvgIpc) is 2.15. The lowest BCUT2D eigenvalue weighted by Crippen LogP contribution is -2.52. The molecule has 5 nitrogen and oxygen atoms in total. The second-order valence-electron chi connectivity index (χ2n) is 4.33. The molecule has 1 aliphatic heterocycles. The quantitative estimate of drug-likeness (QED) is 0.592. The van der Waals surface area contributed by atoms with E-state index in [4.69, 9.17) is 0 Å².